The summed E-state index contributed by atoms with van der Waals surface area (Å²) in [5, 5.41) is 29.6. The Balaban J connectivity index is 1.62. The maximum absolute atomic E-state index is 12.6. The molecule has 2 heterocycles. The average Bonchev–Trinajstić information content (AvgIpc) is 3.23. The lowest BCUT2D eigenvalue weighted by Crippen LogP contribution is -2.36. The fourth-order valence-corrected chi connectivity index (χ4v) is 3.52. The molecule has 168 valence electrons. The minimum absolute atomic E-state index is 0.302. The molecule has 4 aromatic rings. The second kappa shape index (κ2) is 8.87. The molecule has 33 heavy (non-hydrogen) atoms. The Morgan fingerprint density at radius 1 is 1.12 bits per heavy atom. The van der Waals surface area contributed by atoms with Crippen molar-refractivity contribution in [2.24, 2.45) is 7.05 Å². The van der Waals surface area contributed by atoms with Crippen LogP contribution in [0.5, 0.6) is 5.75 Å². The third kappa shape index (κ3) is 4.54. The lowest BCUT2D eigenvalue weighted by Gasteiger charge is -2.19. The molecule has 2 amide bonds. The molecule has 1 unspecified atom stereocenters. The van der Waals surface area contributed by atoms with Crippen molar-refractivity contribution in [2.75, 3.05) is 5.32 Å². The van der Waals surface area contributed by atoms with Gasteiger partial charge in [-0.05, 0) is 29.8 Å². The van der Waals surface area contributed by atoms with E-state index in [0.717, 1.165) is 10.9 Å². The van der Waals surface area contributed by atoms with Gasteiger partial charge in [0.2, 0.25) is 0 Å². The van der Waals surface area contributed by atoms with Gasteiger partial charge in [0, 0.05) is 18.6 Å². The van der Waals surface area contributed by atoms with Gasteiger partial charge in [-0.15, -0.1) is 0 Å². The molecule has 0 fully saturated rings. The topological polar surface area (TPSA) is 138 Å². The molecule has 2 aromatic heterocycles. The van der Waals surface area contributed by atoms with Crippen LogP contribution in [0.1, 0.15) is 18.0 Å². The van der Waals surface area contributed by atoms with Crippen LogP contribution in [0.15, 0.2) is 71.8 Å². The second-order valence-corrected chi connectivity index (χ2v) is 7.45. The first-order valence-corrected chi connectivity index (χ1v) is 10.0. The molecular weight excluding hydrogens is 426 g/mol. The van der Waals surface area contributed by atoms with Crippen LogP contribution in [-0.4, -0.2) is 36.6 Å². The highest BCUT2D eigenvalue weighted by Crippen LogP contribution is 2.24. The number of nitrogens with zero attached hydrogens (tertiary/aromatic N) is 3. The molecule has 10 nitrogen and oxygen atoms in total. The van der Waals surface area contributed by atoms with Crippen LogP contribution in [-0.2, 0) is 11.8 Å². The predicted octanol–water partition coefficient (Wildman–Crippen LogP) is 2.77. The molecule has 0 aliphatic heterocycles. The number of aromatic hydroxyl groups is 1. The Bertz CT molecular complexity index is 1410. The van der Waals surface area contributed by atoms with E-state index in [1.807, 2.05) is 30.3 Å². The summed E-state index contributed by atoms with van der Waals surface area (Å²) in [6, 6.07) is 14.2. The number of fused-ring (bicyclic) bond motifs is 1. The number of amides is 2. The number of nitrogens with one attached hydrogen (secondary N) is 2. The minimum Gasteiger partial charge on any atom is -0.505 e. The van der Waals surface area contributed by atoms with Crippen LogP contribution in [0.2, 0.25) is 0 Å². The number of para-hydroxylation sites is 1. The van der Waals surface area contributed by atoms with Gasteiger partial charge in [-0.2, -0.15) is 5.10 Å². The highest BCUT2D eigenvalue weighted by Gasteiger charge is 2.21. The summed E-state index contributed by atoms with van der Waals surface area (Å²) in [6.45, 7) is 0. The standard InChI is InChI=1S/C23H21N5O5/c1-27-10-9-19(29)21(22(27)32)26-23(33)25-17(12-20(30)31)14-6-4-7-16(11-14)28-18-8-3-2-5-15(18)13-24-28/h2-11,13,17,29H,12H2,1H3,(H,30,31)(H2,25,26,33). The van der Waals surface area contributed by atoms with Gasteiger partial charge in [0.15, 0.2) is 5.69 Å². The van der Waals surface area contributed by atoms with Crippen molar-refractivity contribution in [3.63, 3.8) is 0 Å². The van der Waals surface area contributed by atoms with Crippen molar-refractivity contribution in [2.45, 2.75) is 12.5 Å². The average molecular weight is 447 g/mol. The van der Waals surface area contributed by atoms with Crippen molar-refractivity contribution < 1.29 is 19.8 Å². The third-order valence-electron chi connectivity index (χ3n) is 5.16. The number of carbonyl (C=O) groups is 2. The summed E-state index contributed by atoms with van der Waals surface area (Å²) in [5.74, 6) is -1.51. The second-order valence-electron chi connectivity index (χ2n) is 7.45. The van der Waals surface area contributed by atoms with Crippen LogP contribution >= 0.6 is 0 Å². The molecule has 0 radical (unpaired) electrons. The molecule has 0 spiro atoms. The first-order valence-electron chi connectivity index (χ1n) is 10.0. The third-order valence-corrected chi connectivity index (χ3v) is 5.16. The van der Waals surface area contributed by atoms with E-state index < -0.39 is 35.8 Å². The normalized spacial score (nSPS) is 11.8. The molecule has 0 saturated carbocycles. The Kier molecular flexibility index (Phi) is 5.81. The first-order chi connectivity index (χ1) is 15.8. The quantitative estimate of drug-likeness (QED) is 0.359. The number of anilines is 1. The predicted molar refractivity (Wildman–Crippen MR) is 122 cm³/mol. The first kappa shape index (κ1) is 21.6. The lowest BCUT2D eigenvalue weighted by atomic mass is 10.0. The van der Waals surface area contributed by atoms with Gasteiger partial charge in [-0.25, -0.2) is 9.48 Å². The largest absolute Gasteiger partial charge is 0.505 e. The molecule has 0 bridgehead atoms. The molecule has 1 atom stereocenters. The van der Waals surface area contributed by atoms with E-state index in [1.165, 1.54) is 23.9 Å². The van der Waals surface area contributed by atoms with E-state index in [2.05, 4.69) is 15.7 Å². The smallest absolute Gasteiger partial charge is 0.319 e. The van der Waals surface area contributed by atoms with Gasteiger partial charge >= 0.3 is 12.0 Å². The van der Waals surface area contributed by atoms with E-state index in [1.54, 1.807) is 29.1 Å². The summed E-state index contributed by atoms with van der Waals surface area (Å²) < 4.78 is 2.92. The maximum Gasteiger partial charge on any atom is 0.319 e. The fourth-order valence-electron chi connectivity index (χ4n) is 3.52. The van der Waals surface area contributed by atoms with Crippen LogP contribution < -0.4 is 16.2 Å². The van der Waals surface area contributed by atoms with E-state index in [-0.39, 0.29) is 5.69 Å². The molecule has 10 heteroatoms. The van der Waals surface area contributed by atoms with Crippen molar-refractivity contribution in [1.82, 2.24) is 19.7 Å². The summed E-state index contributed by atoms with van der Waals surface area (Å²) in [7, 11) is 1.47. The number of hydrogen-bond acceptors (Lipinski definition) is 5. The van der Waals surface area contributed by atoms with Gasteiger partial charge in [0.05, 0.1) is 29.9 Å². The van der Waals surface area contributed by atoms with Gasteiger partial charge in [-0.1, -0.05) is 30.3 Å². The molecule has 0 saturated heterocycles. The zero-order valence-electron chi connectivity index (χ0n) is 17.6. The van der Waals surface area contributed by atoms with Crippen LogP contribution in [0.25, 0.3) is 16.6 Å². The van der Waals surface area contributed by atoms with E-state index >= 15 is 0 Å². The van der Waals surface area contributed by atoms with Gasteiger partial charge in [0.1, 0.15) is 5.75 Å². The van der Waals surface area contributed by atoms with Crippen LogP contribution in [0.4, 0.5) is 10.5 Å². The van der Waals surface area contributed by atoms with Crippen LogP contribution in [0, 0.1) is 0 Å². The number of hydrogen-bond donors (Lipinski definition) is 4. The SMILES string of the molecule is Cn1ccc(O)c(NC(=O)NC(CC(=O)O)c2cccc(-n3ncc4ccccc43)c2)c1=O. The zero-order chi connectivity index (χ0) is 23.5. The molecule has 4 rings (SSSR count). The number of carboxylic acids is 1. The van der Waals surface area contributed by atoms with Crippen molar-refractivity contribution in [3.05, 3.63) is 82.9 Å². The Labute approximate surface area is 187 Å². The summed E-state index contributed by atoms with van der Waals surface area (Å²) >= 11 is 0. The number of rotatable bonds is 6. The Morgan fingerprint density at radius 3 is 2.70 bits per heavy atom. The van der Waals surface area contributed by atoms with E-state index in [0.29, 0.717) is 11.3 Å². The van der Waals surface area contributed by atoms with Crippen molar-refractivity contribution >= 4 is 28.6 Å². The lowest BCUT2D eigenvalue weighted by molar-refractivity contribution is -0.137. The van der Waals surface area contributed by atoms with Gasteiger partial charge in [0.25, 0.3) is 5.56 Å². The Hall–Kier alpha value is -4.60. The zero-order valence-corrected chi connectivity index (χ0v) is 17.6. The van der Waals surface area contributed by atoms with Gasteiger partial charge in [-0.3, -0.25) is 9.59 Å². The van der Waals surface area contributed by atoms with Gasteiger partial charge < -0.3 is 25.4 Å². The van der Waals surface area contributed by atoms with Crippen molar-refractivity contribution in [3.8, 4) is 11.4 Å². The number of pyridine rings is 1. The number of urea groups is 1. The Morgan fingerprint density at radius 2 is 1.91 bits per heavy atom. The number of carboxylic acid groups (broad SMARTS) is 1. The number of aromatic nitrogens is 3. The molecule has 2 aromatic carbocycles. The number of aryl methyl sites for hydroxylation is 1. The molecular formula is C23H21N5O5. The highest BCUT2D eigenvalue weighted by molar-refractivity contribution is 5.91. The summed E-state index contributed by atoms with van der Waals surface area (Å²) in [6.07, 6.45) is 2.70. The summed E-state index contributed by atoms with van der Waals surface area (Å²) in [4.78, 5) is 36.3. The monoisotopic (exact) mass is 447 g/mol. The maximum atomic E-state index is 12.6. The number of benzene rings is 2. The highest BCUT2D eigenvalue weighted by atomic mass is 16.4. The molecule has 4 N–H and O–H groups in total. The molecule has 0 aliphatic carbocycles. The van der Waals surface area contributed by atoms with E-state index in [9.17, 15) is 24.6 Å². The summed E-state index contributed by atoms with van der Waals surface area (Å²) in [5.41, 5.74) is 1.21. The number of aliphatic carboxylic acids is 1. The van der Waals surface area contributed by atoms with Crippen molar-refractivity contribution in [1.29, 1.82) is 0 Å². The number of carbonyl (C=O) groups excluding carboxylic acids is 1. The fraction of sp³-hybridized carbons (Fsp3) is 0.130. The van der Waals surface area contributed by atoms with Crippen LogP contribution in [0.3, 0.4) is 0 Å². The van der Waals surface area contributed by atoms with E-state index in [4.69, 9.17) is 0 Å². The molecule has 0 aliphatic rings. The minimum atomic E-state index is -1.12.